The standard InChI is InChI=1S/C16H12Cl2N2O2S/c1-9-2-4-13(5-3-9)20-15(21)14(23-16(20)22)19-12-7-10(17)6-11(18)8-12/h2-8,14,19H,1H3. The quantitative estimate of drug-likeness (QED) is 0.835. The van der Waals surface area contributed by atoms with Gasteiger partial charge < -0.3 is 5.32 Å². The van der Waals surface area contributed by atoms with E-state index in [2.05, 4.69) is 5.32 Å². The van der Waals surface area contributed by atoms with Crippen molar-refractivity contribution in [3.05, 3.63) is 58.1 Å². The van der Waals surface area contributed by atoms with Crippen molar-refractivity contribution in [1.29, 1.82) is 0 Å². The average molecular weight is 367 g/mol. The summed E-state index contributed by atoms with van der Waals surface area (Å²) in [6.07, 6.45) is 0. The van der Waals surface area contributed by atoms with Crippen LogP contribution in [-0.2, 0) is 4.79 Å². The molecule has 0 bridgehead atoms. The molecule has 1 N–H and O–H groups in total. The lowest BCUT2D eigenvalue weighted by Crippen LogP contribution is -2.34. The van der Waals surface area contributed by atoms with Crippen molar-refractivity contribution in [2.75, 3.05) is 10.2 Å². The van der Waals surface area contributed by atoms with Gasteiger partial charge in [-0.25, -0.2) is 4.90 Å². The molecular weight excluding hydrogens is 355 g/mol. The van der Waals surface area contributed by atoms with Crippen LogP contribution in [0.15, 0.2) is 42.5 Å². The van der Waals surface area contributed by atoms with Crippen molar-refractivity contribution in [3.8, 4) is 0 Å². The van der Waals surface area contributed by atoms with E-state index in [1.807, 2.05) is 19.1 Å². The maximum absolute atomic E-state index is 12.5. The summed E-state index contributed by atoms with van der Waals surface area (Å²) in [5.41, 5.74) is 2.21. The molecule has 1 fully saturated rings. The van der Waals surface area contributed by atoms with Gasteiger partial charge in [-0.05, 0) is 49.0 Å². The number of nitrogens with one attached hydrogen (secondary N) is 1. The lowest BCUT2D eigenvalue weighted by Gasteiger charge is -2.15. The molecule has 0 saturated carbocycles. The molecule has 23 heavy (non-hydrogen) atoms. The van der Waals surface area contributed by atoms with Crippen molar-refractivity contribution in [2.24, 2.45) is 0 Å². The van der Waals surface area contributed by atoms with Gasteiger partial charge in [-0.3, -0.25) is 9.59 Å². The zero-order valence-electron chi connectivity index (χ0n) is 12.0. The molecule has 1 aliphatic rings. The molecule has 0 radical (unpaired) electrons. The fourth-order valence-electron chi connectivity index (χ4n) is 2.22. The molecule has 1 heterocycles. The summed E-state index contributed by atoms with van der Waals surface area (Å²) in [6, 6.07) is 12.1. The highest BCUT2D eigenvalue weighted by atomic mass is 35.5. The third kappa shape index (κ3) is 3.47. The van der Waals surface area contributed by atoms with Crippen LogP contribution < -0.4 is 10.2 Å². The van der Waals surface area contributed by atoms with Crippen molar-refractivity contribution < 1.29 is 9.59 Å². The number of thioether (sulfide) groups is 1. The second kappa shape index (κ2) is 6.43. The normalized spacial score (nSPS) is 17.7. The number of imide groups is 1. The van der Waals surface area contributed by atoms with E-state index in [-0.39, 0.29) is 11.1 Å². The molecule has 0 aliphatic carbocycles. The molecule has 3 rings (SSSR count). The van der Waals surface area contributed by atoms with Crippen LogP contribution in [0, 0.1) is 6.92 Å². The second-order valence-corrected chi connectivity index (χ2v) is 7.00. The van der Waals surface area contributed by atoms with Gasteiger partial charge in [-0.1, -0.05) is 40.9 Å². The first-order chi connectivity index (χ1) is 10.9. The first-order valence-electron chi connectivity index (χ1n) is 6.78. The van der Waals surface area contributed by atoms with E-state index in [0.29, 0.717) is 21.4 Å². The number of rotatable bonds is 3. The number of nitrogens with zero attached hydrogens (tertiary/aromatic N) is 1. The Hall–Kier alpha value is -1.69. The molecule has 4 nitrogen and oxygen atoms in total. The Labute approximate surface area is 147 Å². The van der Waals surface area contributed by atoms with E-state index >= 15 is 0 Å². The van der Waals surface area contributed by atoms with Crippen LogP contribution in [0.5, 0.6) is 0 Å². The van der Waals surface area contributed by atoms with Gasteiger partial charge in [0.1, 0.15) is 0 Å². The molecule has 1 saturated heterocycles. The Morgan fingerprint density at radius 1 is 1.04 bits per heavy atom. The van der Waals surface area contributed by atoms with Crippen molar-refractivity contribution >= 4 is 57.5 Å². The highest BCUT2D eigenvalue weighted by Gasteiger charge is 2.40. The molecule has 1 unspecified atom stereocenters. The highest BCUT2D eigenvalue weighted by Crippen LogP contribution is 2.33. The topological polar surface area (TPSA) is 49.4 Å². The summed E-state index contributed by atoms with van der Waals surface area (Å²) in [6.45, 7) is 1.94. The Balaban J connectivity index is 1.82. The van der Waals surface area contributed by atoms with Crippen LogP contribution in [0.1, 0.15) is 5.56 Å². The lowest BCUT2D eigenvalue weighted by atomic mass is 10.2. The van der Waals surface area contributed by atoms with E-state index in [1.54, 1.807) is 30.3 Å². The van der Waals surface area contributed by atoms with Crippen LogP contribution in [0.2, 0.25) is 10.0 Å². The summed E-state index contributed by atoms with van der Waals surface area (Å²) in [5.74, 6) is -0.319. The predicted molar refractivity (Wildman–Crippen MR) is 95.5 cm³/mol. The number of carbonyl (C=O) groups excluding carboxylic acids is 2. The van der Waals surface area contributed by atoms with E-state index in [9.17, 15) is 9.59 Å². The minimum atomic E-state index is -0.710. The van der Waals surface area contributed by atoms with E-state index < -0.39 is 5.37 Å². The molecular formula is C16H12Cl2N2O2S. The van der Waals surface area contributed by atoms with Gasteiger partial charge in [0.15, 0.2) is 5.37 Å². The number of hydrogen-bond acceptors (Lipinski definition) is 4. The SMILES string of the molecule is Cc1ccc(N2C(=O)SC(Nc3cc(Cl)cc(Cl)c3)C2=O)cc1. The van der Waals surface area contributed by atoms with Gasteiger partial charge in [0, 0.05) is 15.7 Å². The Kier molecular flexibility index (Phi) is 4.53. The van der Waals surface area contributed by atoms with Crippen LogP contribution in [-0.4, -0.2) is 16.5 Å². The maximum Gasteiger partial charge on any atom is 0.295 e. The van der Waals surface area contributed by atoms with Gasteiger partial charge >= 0.3 is 0 Å². The van der Waals surface area contributed by atoms with Crippen molar-refractivity contribution in [1.82, 2.24) is 0 Å². The minimum absolute atomic E-state index is 0.315. The monoisotopic (exact) mass is 366 g/mol. The first kappa shape index (κ1) is 16.2. The minimum Gasteiger partial charge on any atom is -0.365 e. The van der Waals surface area contributed by atoms with Gasteiger partial charge in [-0.2, -0.15) is 0 Å². The molecule has 0 spiro atoms. The average Bonchev–Trinajstić information content (AvgIpc) is 2.74. The maximum atomic E-state index is 12.5. The third-order valence-corrected chi connectivity index (χ3v) is 4.67. The molecule has 0 aromatic heterocycles. The number of halogens is 2. The highest BCUT2D eigenvalue weighted by molar-refractivity contribution is 8.16. The Bertz CT molecular complexity index is 760. The van der Waals surface area contributed by atoms with Gasteiger partial charge in [0.25, 0.3) is 11.1 Å². The van der Waals surface area contributed by atoms with Crippen LogP contribution in [0.25, 0.3) is 0 Å². The molecule has 2 aromatic carbocycles. The summed E-state index contributed by atoms with van der Waals surface area (Å²) < 4.78 is 0. The van der Waals surface area contributed by atoms with Crippen LogP contribution in [0.4, 0.5) is 16.2 Å². The van der Waals surface area contributed by atoms with Crippen LogP contribution >= 0.6 is 35.0 Å². The number of benzene rings is 2. The number of hydrogen-bond donors (Lipinski definition) is 1. The van der Waals surface area contributed by atoms with Crippen LogP contribution in [0.3, 0.4) is 0 Å². The fraction of sp³-hybridized carbons (Fsp3) is 0.125. The summed E-state index contributed by atoms with van der Waals surface area (Å²) >= 11 is 12.8. The van der Waals surface area contributed by atoms with E-state index in [4.69, 9.17) is 23.2 Å². The fourth-order valence-corrected chi connectivity index (χ4v) is 3.65. The van der Waals surface area contributed by atoms with E-state index in [0.717, 1.165) is 17.3 Å². The smallest absolute Gasteiger partial charge is 0.295 e. The summed E-state index contributed by atoms with van der Waals surface area (Å²) in [5, 5.41) is 2.88. The molecule has 1 atom stereocenters. The molecule has 1 aliphatic heterocycles. The zero-order valence-corrected chi connectivity index (χ0v) is 14.4. The number of amides is 2. The number of anilines is 2. The lowest BCUT2D eigenvalue weighted by molar-refractivity contribution is -0.116. The first-order valence-corrected chi connectivity index (χ1v) is 8.41. The zero-order chi connectivity index (χ0) is 16.6. The summed E-state index contributed by atoms with van der Waals surface area (Å²) in [7, 11) is 0. The Morgan fingerprint density at radius 2 is 1.65 bits per heavy atom. The predicted octanol–water partition coefficient (Wildman–Crippen LogP) is 4.94. The third-order valence-electron chi connectivity index (χ3n) is 3.30. The largest absolute Gasteiger partial charge is 0.365 e. The van der Waals surface area contributed by atoms with Gasteiger partial charge in [0.2, 0.25) is 0 Å². The van der Waals surface area contributed by atoms with Crippen molar-refractivity contribution in [2.45, 2.75) is 12.3 Å². The second-order valence-electron chi connectivity index (χ2n) is 5.08. The molecule has 7 heteroatoms. The number of carbonyl (C=O) groups is 2. The number of aryl methyl sites for hydroxylation is 1. The summed E-state index contributed by atoms with van der Waals surface area (Å²) in [4.78, 5) is 25.9. The molecule has 2 amide bonds. The van der Waals surface area contributed by atoms with Gasteiger partial charge in [0.05, 0.1) is 5.69 Å². The van der Waals surface area contributed by atoms with E-state index in [1.165, 1.54) is 4.90 Å². The van der Waals surface area contributed by atoms with Crippen molar-refractivity contribution in [3.63, 3.8) is 0 Å². The molecule has 2 aromatic rings. The Morgan fingerprint density at radius 3 is 2.26 bits per heavy atom. The molecule has 118 valence electrons. The van der Waals surface area contributed by atoms with Gasteiger partial charge in [-0.15, -0.1) is 0 Å².